The minimum Gasteiger partial charge on any atom is -0.480 e. The van der Waals surface area contributed by atoms with E-state index in [9.17, 15) is 4.79 Å². The van der Waals surface area contributed by atoms with E-state index in [1.807, 2.05) is 31.2 Å². The Kier molecular flexibility index (Phi) is 4.95. The molecule has 0 spiro atoms. The van der Waals surface area contributed by atoms with E-state index in [1.54, 1.807) is 24.3 Å². The van der Waals surface area contributed by atoms with Crippen molar-refractivity contribution in [1.29, 1.82) is 0 Å². The number of aliphatic carboxylic acids is 1. The minimum atomic E-state index is -1.03. The summed E-state index contributed by atoms with van der Waals surface area (Å²) in [5, 5.41) is 9.32. The summed E-state index contributed by atoms with van der Waals surface area (Å²) in [6.45, 7) is 1.45. The SMILES string of the molecule is Cc1ccc(OCC(=O)O)c(C=Cc2ccccc2Cl)n1. The molecule has 4 nitrogen and oxygen atoms in total. The van der Waals surface area contributed by atoms with Crippen molar-refractivity contribution in [1.82, 2.24) is 4.98 Å². The fourth-order valence-corrected chi connectivity index (χ4v) is 1.92. The summed E-state index contributed by atoms with van der Waals surface area (Å²) in [6, 6.07) is 10.9. The summed E-state index contributed by atoms with van der Waals surface area (Å²) in [6.07, 6.45) is 3.57. The topological polar surface area (TPSA) is 59.4 Å². The Bertz CT molecular complexity index is 683. The van der Waals surface area contributed by atoms with Crippen LogP contribution in [0.3, 0.4) is 0 Å². The lowest BCUT2D eigenvalue weighted by Gasteiger charge is -2.07. The average molecular weight is 304 g/mol. The highest BCUT2D eigenvalue weighted by Gasteiger charge is 2.06. The van der Waals surface area contributed by atoms with Crippen molar-refractivity contribution in [2.45, 2.75) is 6.92 Å². The van der Waals surface area contributed by atoms with Crippen LogP contribution in [0.1, 0.15) is 17.0 Å². The Balaban J connectivity index is 2.27. The van der Waals surface area contributed by atoms with Gasteiger partial charge in [0.15, 0.2) is 6.61 Å². The van der Waals surface area contributed by atoms with Gasteiger partial charge in [-0.3, -0.25) is 0 Å². The molecule has 0 saturated heterocycles. The zero-order valence-corrected chi connectivity index (χ0v) is 12.2. The standard InChI is InChI=1S/C16H14ClNO3/c1-11-6-9-15(21-10-16(19)20)14(18-11)8-7-12-4-2-3-5-13(12)17/h2-9H,10H2,1H3,(H,19,20). The fourth-order valence-electron chi connectivity index (χ4n) is 1.72. The third-order valence-electron chi connectivity index (χ3n) is 2.70. The van der Waals surface area contributed by atoms with Crippen LogP contribution < -0.4 is 4.74 Å². The molecule has 0 atom stereocenters. The number of aryl methyl sites for hydroxylation is 1. The van der Waals surface area contributed by atoms with Gasteiger partial charge < -0.3 is 9.84 Å². The van der Waals surface area contributed by atoms with Crippen molar-refractivity contribution in [3.05, 3.63) is 58.4 Å². The monoisotopic (exact) mass is 303 g/mol. The summed E-state index contributed by atoms with van der Waals surface area (Å²) in [5.41, 5.74) is 2.24. The van der Waals surface area contributed by atoms with Crippen LogP contribution in [-0.4, -0.2) is 22.7 Å². The average Bonchev–Trinajstić information content (AvgIpc) is 2.45. The Morgan fingerprint density at radius 1 is 1.29 bits per heavy atom. The van der Waals surface area contributed by atoms with Gasteiger partial charge in [0.05, 0.1) is 0 Å². The molecule has 5 heteroatoms. The summed E-state index contributed by atoms with van der Waals surface area (Å²) in [7, 11) is 0. The van der Waals surface area contributed by atoms with Gasteiger partial charge in [-0.2, -0.15) is 0 Å². The molecule has 0 bridgehead atoms. The summed E-state index contributed by atoms with van der Waals surface area (Å²) < 4.78 is 5.23. The normalized spacial score (nSPS) is 10.8. The maximum absolute atomic E-state index is 10.6. The Labute approximate surface area is 127 Å². The molecule has 0 aliphatic heterocycles. The first-order valence-electron chi connectivity index (χ1n) is 6.31. The third-order valence-corrected chi connectivity index (χ3v) is 3.05. The van der Waals surface area contributed by atoms with Crippen LogP contribution in [0.2, 0.25) is 5.02 Å². The number of rotatable bonds is 5. The number of hydrogen-bond acceptors (Lipinski definition) is 3. The summed E-state index contributed by atoms with van der Waals surface area (Å²) >= 11 is 6.08. The molecule has 108 valence electrons. The first-order valence-corrected chi connectivity index (χ1v) is 6.69. The highest BCUT2D eigenvalue weighted by atomic mass is 35.5. The van der Waals surface area contributed by atoms with E-state index in [1.165, 1.54) is 0 Å². The predicted octanol–water partition coefficient (Wildman–Crippen LogP) is 3.68. The van der Waals surface area contributed by atoms with E-state index in [-0.39, 0.29) is 0 Å². The van der Waals surface area contributed by atoms with Crippen LogP contribution in [0, 0.1) is 6.92 Å². The van der Waals surface area contributed by atoms with Crippen LogP contribution in [-0.2, 0) is 4.79 Å². The van der Waals surface area contributed by atoms with Crippen molar-refractivity contribution in [3.8, 4) is 5.75 Å². The molecule has 1 aromatic carbocycles. The third kappa shape index (κ3) is 4.33. The van der Waals surface area contributed by atoms with Crippen molar-refractivity contribution < 1.29 is 14.6 Å². The Morgan fingerprint density at radius 2 is 2.05 bits per heavy atom. The number of hydrogen-bond donors (Lipinski definition) is 1. The number of carbonyl (C=O) groups is 1. The molecule has 0 unspecified atom stereocenters. The minimum absolute atomic E-state index is 0.405. The number of carboxylic acids is 1. The second-order valence-electron chi connectivity index (χ2n) is 4.37. The summed E-state index contributed by atoms with van der Waals surface area (Å²) in [4.78, 5) is 14.9. The summed E-state index contributed by atoms with van der Waals surface area (Å²) in [5.74, 6) is -0.608. The highest BCUT2D eigenvalue weighted by Crippen LogP contribution is 2.22. The lowest BCUT2D eigenvalue weighted by atomic mass is 10.2. The Morgan fingerprint density at radius 3 is 2.76 bits per heavy atom. The van der Waals surface area contributed by atoms with E-state index in [4.69, 9.17) is 21.4 Å². The van der Waals surface area contributed by atoms with Crippen molar-refractivity contribution in [2.24, 2.45) is 0 Å². The van der Waals surface area contributed by atoms with E-state index in [2.05, 4.69) is 4.98 Å². The zero-order chi connectivity index (χ0) is 15.2. The number of pyridine rings is 1. The first-order chi connectivity index (χ1) is 10.1. The van der Waals surface area contributed by atoms with Gasteiger partial charge in [0, 0.05) is 10.7 Å². The quantitative estimate of drug-likeness (QED) is 0.915. The molecule has 2 rings (SSSR count). The number of carboxylic acid groups (broad SMARTS) is 1. The van der Waals surface area contributed by atoms with E-state index < -0.39 is 12.6 Å². The molecule has 1 N–H and O–H groups in total. The van der Waals surface area contributed by atoms with Gasteiger partial charge >= 0.3 is 5.97 Å². The number of nitrogens with zero attached hydrogens (tertiary/aromatic N) is 1. The Hall–Kier alpha value is -2.33. The van der Waals surface area contributed by atoms with Gasteiger partial charge in [-0.25, -0.2) is 9.78 Å². The molecule has 0 amide bonds. The maximum Gasteiger partial charge on any atom is 0.341 e. The molecule has 0 radical (unpaired) electrons. The van der Waals surface area contributed by atoms with Gasteiger partial charge in [0.1, 0.15) is 11.4 Å². The molecule has 0 aliphatic rings. The van der Waals surface area contributed by atoms with E-state index in [0.29, 0.717) is 16.5 Å². The number of benzene rings is 1. The molecule has 2 aromatic rings. The van der Waals surface area contributed by atoms with Crippen LogP contribution >= 0.6 is 11.6 Å². The first kappa shape index (κ1) is 15.1. The smallest absolute Gasteiger partial charge is 0.341 e. The number of halogens is 1. The molecule has 0 fully saturated rings. The van der Waals surface area contributed by atoms with Gasteiger partial charge in [-0.1, -0.05) is 35.9 Å². The van der Waals surface area contributed by atoms with Crippen LogP contribution in [0.4, 0.5) is 0 Å². The fraction of sp³-hybridized carbons (Fsp3) is 0.125. The molecule has 21 heavy (non-hydrogen) atoms. The van der Waals surface area contributed by atoms with Crippen LogP contribution in [0.15, 0.2) is 36.4 Å². The second kappa shape index (κ2) is 6.90. The van der Waals surface area contributed by atoms with Crippen LogP contribution in [0.5, 0.6) is 5.75 Å². The van der Waals surface area contributed by atoms with Gasteiger partial charge in [-0.15, -0.1) is 0 Å². The highest BCUT2D eigenvalue weighted by molar-refractivity contribution is 6.32. The lowest BCUT2D eigenvalue weighted by Crippen LogP contribution is -2.10. The van der Waals surface area contributed by atoms with Crippen LogP contribution in [0.25, 0.3) is 12.2 Å². The van der Waals surface area contributed by atoms with Gasteiger partial charge in [0.25, 0.3) is 0 Å². The predicted molar refractivity (Wildman–Crippen MR) is 82.5 cm³/mol. The van der Waals surface area contributed by atoms with Crippen molar-refractivity contribution in [3.63, 3.8) is 0 Å². The zero-order valence-electron chi connectivity index (χ0n) is 11.4. The molecular weight excluding hydrogens is 290 g/mol. The largest absolute Gasteiger partial charge is 0.480 e. The molecule has 0 saturated carbocycles. The molecule has 0 aliphatic carbocycles. The number of ether oxygens (including phenoxy) is 1. The lowest BCUT2D eigenvalue weighted by molar-refractivity contribution is -0.139. The molecule has 1 heterocycles. The number of aromatic nitrogens is 1. The van der Waals surface area contributed by atoms with Crippen molar-refractivity contribution >= 4 is 29.7 Å². The molecule has 1 aromatic heterocycles. The molecular formula is C16H14ClNO3. The van der Waals surface area contributed by atoms with E-state index >= 15 is 0 Å². The van der Waals surface area contributed by atoms with Crippen molar-refractivity contribution in [2.75, 3.05) is 6.61 Å². The van der Waals surface area contributed by atoms with Gasteiger partial charge in [0.2, 0.25) is 0 Å². The second-order valence-corrected chi connectivity index (χ2v) is 4.78. The van der Waals surface area contributed by atoms with Gasteiger partial charge in [-0.05, 0) is 36.8 Å². The van der Waals surface area contributed by atoms with E-state index in [0.717, 1.165) is 11.3 Å². The maximum atomic E-state index is 10.6.